The van der Waals surface area contributed by atoms with Crippen LogP contribution in [0, 0.1) is 0 Å². The van der Waals surface area contributed by atoms with Gasteiger partial charge in [0.05, 0.1) is 18.0 Å². The summed E-state index contributed by atoms with van der Waals surface area (Å²) in [5.74, 6) is 0. The smallest absolute Gasteiger partial charge is 0.123 e. The molecule has 82 valence electrons. The van der Waals surface area contributed by atoms with Crippen molar-refractivity contribution in [2.45, 2.75) is 24.2 Å². The molecule has 0 aromatic heterocycles. The van der Waals surface area contributed by atoms with Gasteiger partial charge in [0.25, 0.3) is 0 Å². The van der Waals surface area contributed by atoms with Gasteiger partial charge in [-0.2, -0.15) is 0 Å². The van der Waals surface area contributed by atoms with Crippen LogP contribution in [-0.4, -0.2) is 15.6 Å². The maximum Gasteiger partial charge on any atom is 0.123 e. The number of halogens is 1. The second-order valence-corrected chi connectivity index (χ2v) is 6.04. The minimum Gasteiger partial charge on any atom is -0.375 e. The molecule has 0 aliphatic heterocycles. The summed E-state index contributed by atoms with van der Waals surface area (Å²) in [5.41, 5.74) is 1.13. The normalized spacial score (nSPS) is 19.8. The Hall–Kier alpha value is -0.380. The van der Waals surface area contributed by atoms with Crippen molar-refractivity contribution in [3.8, 4) is 0 Å². The molecule has 1 unspecified atom stereocenters. The van der Waals surface area contributed by atoms with Gasteiger partial charge < -0.3 is 4.74 Å². The average molecular weight is 245 g/mol. The molecule has 0 heterocycles. The van der Waals surface area contributed by atoms with Crippen molar-refractivity contribution in [3.05, 3.63) is 35.9 Å². The van der Waals surface area contributed by atoms with Gasteiger partial charge in [0.1, 0.15) is 10.0 Å². The molecule has 1 fully saturated rings. The van der Waals surface area contributed by atoms with Crippen LogP contribution >= 0.6 is 10.7 Å². The summed E-state index contributed by atoms with van der Waals surface area (Å²) in [4.78, 5) is 0. The fraction of sp³-hybridized carbons (Fsp3) is 0.455. The summed E-state index contributed by atoms with van der Waals surface area (Å²) in [6.45, 7) is 1.06. The zero-order valence-electron chi connectivity index (χ0n) is 8.32. The van der Waals surface area contributed by atoms with E-state index in [4.69, 9.17) is 15.4 Å². The Morgan fingerprint density at radius 1 is 1.33 bits per heavy atom. The second-order valence-electron chi connectivity index (χ2n) is 3.88. The van der Waals surface area contributed by atoms with E-state index >= 15 is 0 Å². The predicted molar refractivity (Wildman–Crippen MR) is 62.1 cm³/mol. The van der Waals surface area contributed by atoms with Crippen molar-refractivity contribution in [3.63, 3.8) is 0 Å². The van der Waals surface area contributed by atoms with Gasteiger partial charge in [-0.15, -0.1) is 0 Å². The van der Waals surface area contributed by atoms with Gasteiger partial charge >= 0.3 is 0 Å². The molecule has 0 bridgehead atoms. The molecule has 2 rings (SSSR count). The monoisotopic (exact) mass is 244 g/mol. The van der Waals surface area contributed by atoms with Crippen LogP contribution in [0.15, 0.2) is 30.3 Å². The first-order valence-corrected chi connectivity index (χ1v) is 6.90. The van der Waals surface area contributed by atoms with Crippen LogP contribution in [0.2, 0.25) is 0 Å². The predicted octanol–water partition coefficient (Wildman–Crippen LogP) is 2.64. The molecule has 0 N–H and O–H groups in total. The van der Waals surface area contributed by atoms with Crippen LogP contribution in [0.25, 0.3) is 0 Å². The standard InChI is InChI=1S/C11H13ClO2S/c12-15(13)11(6-7-11)9-14-8-10-4-2-1-3-5-10/h1-5H,6-9H2. The van der Waals surface area contributed by atoms with Gasteiger partial charge in [-0.25, -0.2) is 4.21 Å². The molecule has 0 saturated heterocycles. The summed E-state index contributed by atoms with van der Waals surface area (Å²) in [5, 5.41) is 0. The van der Waals surface area contributed by atoms with Crippen LogP contribution in [0.3, 0.4) is 0 Å². The summed E-state index contributed by atoms with van der Waals surface area (Å²) < 4.78 is 16.4. The summed E-state index contributed by atoms with van der Waals surface area (Å²) in [6.07, 6.45) is 1.83. The third-order valence-corrected chi connectivity index (χ3v) is 4.81. The van der Waals surface area contributed by atoms with Crippen molar-refractivity contribution in [2.24, 2.45) is 0 Å². The molecular weight excluding hydrogens is 232 g/mol. The minimum absolute atomic E-state index is 0.254. The Labute approximate surface area is 96.5 Å². The van der Waals surface area contributed by atoms with Gasteiger partial charge in [0.2, 0.25) is 0 Å². The highest BCUT2D eigenvalue weighted by molar-refractivity contribution is 8.09. The lowest BCUT2D eigenvalue weighted by atomic mass is 10.2. The second kappa shape index (κ2) is 4.64. The van der Waals surface area contributed by atoms with Crippen molar-refractivity contribution >= 4 is 20.7 Å². The van der Waals surface area contributed by atoms with Gasteiger partial charge in [0, 0.05) is 0 Å². The molecular formula is C11H13ClO2S. The third kappa shape index (κ3) is 2.80. The Morgan fingerprint density at radius 3 is 2.53 bits per heavy atom. The minimum atomic E-state index is -1.28. The van der Waals surface area contributed by atoms with E-state index in [-0.39, 0.29) is 4.75 Å². The lowest BCUT2D eigenvalue weighted by molar-refractivity contribution is 0.117. The number of ether oxygens (including phenoxy) is 1. The number of rotatable bonds is 5. The third-order valence-electron chi connectivity index (χ3n) is 2.62. The molecule has 0 spiro atoms. The lowest BCUT2D eigenvalue weighted by Crippen LogP contribution is -2.20. The Bertz CT molecular complexity index is 349. The zero-order valence-corrected chi connectivity index (χ0v) is 9.89. The highest BCUT2D eigenvalue weighted by Gasteiger charge is 2.48. The number of hydrogen-bond donors (Lipinski definition) is 0. The number of hydrogen-bond acceptors (Lipinski definition) is 2. The summed E-state index contributed by atoms with van der Waals surface area (Å²) in [7, 11) is 4.33. The summed E-state index contributed by atoms with van der Waals surface area (Å²) >= 11 is 0. The molecule has 0 radical (unpaired) electrons. The first-order valence-electron chi connectivity index (χ1n) is 4.93. The molecule has 15 heavy (non-hydrogen) atoms. The topological polar surface area (TPSA) is 26.3 Å². The Morgan fingerprint density at radius 2 is 2.00 bits per heavy atom. The molecule has 1 aromatic carbocycles. The van der Waals surface area contributed by atoms with Crippen LogP contribution in [0.4, 0.5) is 0 Å². The van der Waals surface area contributed by atoms with E-state index in [1.54, 1.807) is 0 Å². The molecule has 1 aliphatic carbocycles. The van der Waals surface area contributed by atoms with E-state index in [1.807, 2.05) is 30.3 Å². The zero-order chi connectivity index (χ0) is 10.7. The molecule has 1 aromatic rings. The molecule has 0 amide bonds. The fourth-order valence-electron chi connectivity index (χ4n) is 1.42. The first kappa shape index (κ1) is 11.1. The highest BCUT2D eigenvalue weighted by Crippen LogP contribution is 2.43. The maximum atomic E-state index is 11.2. The van der Waals surface area contributed by atoms with Crippen molar-refractivity contribution < 1.29 is 8.95 Å². The average Bonchev–Trinajstić information content (AvgIpc) is 3.01. The van der Waals surface area contributed by atoms with Crippen molar-refractivity contribution in [1.29, 1.82) is 0 Å². The van der Waals surface area contributed by atoms with Crippen LogP contribution in [-0.2, 0) is 21.4 Å². The quantitative estimate of drug-likeness (QED) is 0.745. The molecule has 1 atom stereocenters. The van der Waals surface area contributed by atoms with Crippen molar-refractivity contribution in [1.82, 2.24) is 0 Å². The van der Waals surface area contributed by atoms with Gasteiger partial charge in [-0.05, 0) is 29.1 Å². The Balaban J connectivity index is 1.79. The van der Waals surface area contributed by atoms with Gasteiger partial charge in [-0.3, -0.25) is 0 Å². The van der Waals surface area contributed by atoms with E-state index in [1.165, 1.54) is 0 Å². The number of benzene rings is 1. The van der Waals surface area contributed by atoms with Gasteiger partial charge in [-0.1, -0.05) is 30.3 Å². The van der Waals surface area contributed by atoms with E-state index < -0.39 is 10.0 Å². The molecule has 1 saturated carbocycles. The molecule has 2 nitrogen and oxygen atoms in total. The molecule has 1 aliphatic rings. The van der Waals surface area contributed by atoms with Crippen LogP contribution in [0.5, 0.6) is 0 Å². The highest BCUT2D eigenvalue weighted by atomic mass is 35.7. The Kier molecular flexibility index (Phi) is 3.44. The van der Waals surface area contributed by atoms with Crippen molar-refractivity contribution in [2.75, 3.05) is 6.61 Å². The SMILES string of the molecule is O=S(Cl)C1(COCc2ccccc2)CC1. The van der Waals surface area contributed by atoms with E-state index in [0.717, 1.165) is 18.4 Å². The van der Waals surface area contributed by atoms with Gasteiger partial charge in [0.15, 0.2) is 0 Å². The van der Waals surface area contributed by atoms with E-state index in [0.29, 0.717) is 13.2 Å². The fourth-order valence-corrected chi connectivity index (χ4v) is 2.62. The lowest BCUT2D eigenvalue weighted by Gasteiger charge is -2.10. The molecule has 4 heteroatoms. The van der Waals surface area contributed by atoms with E-state index in [2.05, 4.69) is 0 Å². The van der Waals surface area contributed by atoms with Crippen LogP contribution < -0.4 is 0 Å². The largest absolute Gasteiger partial charge is 0.375 e. The first-order chi connectivity index (χ1) is 7.23. The maximum absolute atomic E-state index is 11.2. The summed E-state index contributed by atoms with van der Waals surface area (Å²) in [6, 6.07) is 9.95. The van der Waals surface area contributed by atoms with Crippen LogP contribution in [0.1, 0.15) is 18.4 Å². The van der Waals surface area contributed by atoms with E-state index in [9.17, 15) is 4.21 Å².